The summed E-state index contributed by atoms with van der Waals surface area (Å²) in [6.45, 7) is 5.42. The lowest BCUT2D eigenvalue weighted by Crippen LogP contribution is -2.36. The molecule has 0 aromatic carbocycles. The average Bonchev–Trinajstić information content (AvgIpc) is 3.14. The second-order valence-corrected chi connectivity index (χ2v) is 7.88. The summed E-state index contributed by atoms with van der Waals surface area (Å²) in [4.78, 5) is 31.8. The van der Waals surface area contributed by atoms with E-state index in [1.807, 2.05) is 15.7 Å². The van der Waals surface area contributed by atoms with Crippen LogP contribution in [0.15, 0.2) is 16.8 Å². The SMILES string of the molecule is CC(C)CC(=O)N1CCc2nc(NC(=O)c3ccsc3)sc2C1. The Labute approximate surface area is 143 Å². The average molecular weight is 349 g/mol. The largest absolute Gasteiger partial charge is 0.337 e. The second kappa shape index (κ2) is 6.80. The van der Waals surface area contributed by atoms with Crippen molar-refractivity contribution in [3.8, 4) is 0 Å². The first-order chi connectivity index (χ1) is 11.0. The van der Waals surface area contributed by atoms with E-state index in [1.165, 1.54) is 22.7 Å². The fourth-order valence-corrected chi connectivity index (χ4v) is 4.16. The van der Waals surface area contributed by atoms with E-state index in [0.717, 1.165) is 17.0 Å². The van der Waals surface area contributed by atoms with E-state index in [9.17, 15) is 9.59 Å². The van der Waals surface area contributed by atoms with E-state index < -0.39 is 0 Å². The zero-order chi connectivity index (χ0) is 16.4. The maximum Gasteiger partial charge on any atom is 0.258 e. The van der Waals surface area contributed by atoms with Crippen LogP contribution >= 0.6 is 22.7 Å². The van der Waals surface area contributed by atoms with Gasteiger partial charge in [-0.15, -0.1) is 0 Å². The van der Waals surface area contributed by atoms with Crippen LogP contribution in [0.2, 0.25) is 0 Å². The minimum Gasteiger partial charge on any atom is -0.337 e. The molecule has 0 fully saturated rings. The molecule has 1 aliphatic rings. The number of thiophene rings is 1. The first-order valence-electron chi connectivity index (χ1n) is 7.63. The smallest absolute Gasteiger partial charge is 0.258 e. The minimum atomic E-state index is -0.134. The summed E-state index contributed by atoms with van der Waals surface area (Å²) >= 11 is 2.96. The van der Waals surface area contributed by atoms with Gasteiger partial charge in [0.25, 0.3) is 5.91 Å². The summed E-state index contributed by atoms with van der Waals surface area (Å²) in [5.74, 6) is 0.429. The number of thiazole rings is 1. The lowest BCUT2D eigenvalue weighted by Gasteiger charge is -2.26. The minimum absolute atomic E-state index is 0.134. The molecule has 5 nitrogen and oxygen atoms in total. The molecule has 3 heterocycles. The molecule has 0 unspecified atom stereocenters. The molecular weight excluding hydrogens is 330 g/mol. The van der Waals surface area contributed by atoms with Gasteiger partial charge in [-0.1, -0.05) is 25.2 Å². The normalized spacial score (nSPS) is 14.0. The summed E-state index contributed by atoms with van der Waals surface area (Å²) in [7, 11) is 0. The first kappa shape index (κ1) is 16.1. The van der Waals surface area contributed by atoms with Crippen molar-refractivity contribution < 1.29 is 9.59 Å². The number of nitrogens with zero attached hydrogens (tertiary/aromatic N) is 2. The fraction of sp³-hybridized carbons (Fsp3) is 0.438. The van der Waals surface area contributed by atoms with Crippen LogP contribution < -0.4 is 5.32 Å². The predicted octanol–water partition coefficient (Wildman–Crippen LogP) is 3.39. The Kier molecular flexibility index (Phi) is 4.77. The van der Waals surface area contributed by atoms with Crippen molar-refractivity contribution in [2.75, 3.05) is 11.9 Å². The standard InChI is InChI=1S/C16H19N3O2S2/c1-10(2)7-14(20)19-5-3-12-13(8-19)23-16(17-12)18-15(21)11-4-6-22-9-11/h4,6,9-10H,3,5,7-8H2,1-2H3,(H,17,18,21). The molecule has 0 saturated carbocycles. The van der Waals surface area contributed by atoms with Gasteiger partial charge in [-0.05, 0) is 17.4 Å². The van der Waals surface area contributed by atoms with Crippen molar-refractivity contribution in [1.29, 1.82) is 0 Å². The van der Waals surface area contributed by atoms with Gasteiger partial charge in [0, 0.05) is 29.6 Å². The van der Waals surface area contributed by atoms with Gasteiger partial charge in [-0.2, -0.15) is 11.3 Å². The van der Waals surface area contributed by atoms with E-state index in [0.29, 0.717) is 36.1 Å². The number of fused-ring (bicyclic) bond motifs is 1. The van der Waals surface area contributed by atoms with E-state index >= 15 is 0 Å². The maximum atomic E-state index is 12.2. The molecule has 2 aromatic rings. The number of carbonyl (C=O) groups is 2. The fourth-order valence-electron chi connectivity index (χ4n) is 2.50. The molecular formula is C16H19N3O2S2. The van der Waals surface area contributed by atoms with Crippen LogP contribution in [-0.4, -0.2) is 28.2 Å². The molecule has 2 aromatic heterocycles. The number of rotatable bonds is 4. The van der Waals surface area contributed by atoms with Crippen LogP contribution in [0.25, 0.3) is 0 Å². The molecule has 23 heavy (non-hydrogen) atoms. The molecule has 1 aliphatic heterocycles. The molecule has 1 N–H and O–H groups in total. The van der Waals surface area contributed by atoms with Crippen LogP contribution in [-0.2, 0) is 17.8 Å². The molecule has 0 bridgehead atoms. The zero-order valence-electron chi connectivity index (χ0n) is 13.2. The van der Waals surface area contributed by atoms with E-state index in [-0.39, 0.29) is 11.8 Å². The Morgan fingerprint density at radius 3 is 2.96 bits per heavy atom. The summed E-state index contributed by atoms with van der Waals surface area (Å²) in [6, 6.07) is 1.79. The number of aromatic nitrogens is 1. The third-order valence-electron chi connectivity index (χ3n) is 3.67. The van der Waals surface area contributed by atoms with Crippen molar-refractivity contribution in [2.24, 2.45) is 5.92 Å². The van der Waals surface area contributed by atoms with Crippen molar-refractivity contribution in [1.82, 2.24) is 9.88 Å². The number of hydrogen-bond acceptors (Lipinski definition) is 5. The van der Waals surface area contributed by atoms with E-state index in [1.54, 1.807) is 6.07 Å². The molecule has 7 heteroatoms. The first-order valence-corrected chi connectivity index (χ1v) is 9.38. The van der Waals surface area contributed by atoms with Crippen LogP contribution in [0.3, 0.4) is 0 Å². The number of anilines is 1. The van der Waals surface area contributed by atoms with Gasteiger partial charge >= 0.3 is 0 Å². The van der Waals surface area contributed by atoms with Gasteiger partial charge in [0.1, 0.15) is 0 Å². The molecule has 0 saturated heterocycles. The highest BCUT2D eigenvalue weighted by molar-refractivity contribution is 7.16. The zero-order valence-corrected chi connectivity index (χ0v) is 14.8. The van der Waals surface area contributed by atoms with Crippen molar-refractivity contribution in [3.63, 3.8) is 0 Å². The second-order valence-electron chi connectivity index (χ2n) is 6.02. The van der Waals surface area contributed by atoms with Crippen LogP contribution in [0.4, 0.5) is 5.13 Å². The Bertz CT molecular complexity index is 707. The van der Waals surface area contributed by atoms with E-state index in [4.69, 9.17) is 0 Å². The van der Waals surface area contributed by atoms with Gasteiger partial charge in [0.2, 0.25) is 5.91 Å². The molecule has 122 valence electrons. The number of hydrogen-bond donors (Lipinski definition) is 1. The monoisotopic (exact) mass is 349 g/mol. The van der Waals surface area contributed by atoms with Crippen LogP contribution in [0.1, 0.15) is 41.2 Å². The molecule has 0 spiro atoms. The van der Waals surface area contributed by atoms with Crippen LogP contribution in [0, 0.1) is 5.92 Å². The number of carbonyl (C=O) groups excluding carboxylic acids is 2. The molecule has 2 amide bonds. The highest BCUT2D eigenvalue weighted by atomic mass is 32.1. The number of amides is 2. The van der Waals surface area contributed by atoms with Gasteiger partial charge in [0.05, 0.1) is 17.8 Å². The van der Waals surface area contributed by atoms with Crippen molar-refractivity contribution in [3.05, 3.63) is 33.0 Å². The van der Waals surface area contributed by atoms with Crippen LogP contribution in [0.5, 0.6) is 0 Å². The summed E-state index contributed by atoms with van der Waals surface area (Å²) in [6.07, 6.45) is 1.33. The summed E-state index contributed by atoms with van der Waals surface area (Å²) in [5, 5.41) is 7.15. The van der Waals surface area contributed by atoms with E-state index in [2.05, 4.69) is 24.1 Å². The molecule has 0 aliphatic carbocycles. The molecule has 0 radical (unpaired) electrons. The quantitative estimate of drug-likeness (QED) is 0.920. The number of nitrogens with one attached hydrogen (secondary N) is 1. The van der Waals surface area contributed by atoms with Gasteiger partial charge in [-0.3, -0.25) is 14.9 Å². The maximum absolute atomic E-state index is 12.2. The third kappa shape index (κ3) is 3.79. The van der Waals surface area contributed by atoms with Gasteiger partial charge in [0.15, 0.2) is 5.13 Å². The highest BCUT2D eigenvalue weighted by Crippen LogP contribution is 2.29. The summed E-state index contributed by atoms with van der Waals surface area (Å²) < 4.78 is 0. The lowest BCUT2D eigenvalue weighted by atomic mass is 10.1. The molecule has 0 atom stereocenters. The lowest BCUT2D eigenvalue weighted by molar-refractivity contribution is -0.132. The van der Waals surface area contributed by atoms with Gasteiger partial charge < -0.3 is 4.90 Å². The summed E-state index contributed by atoms with van der Waals surface area (Å²) in [5.41, 5.74) is 1.65. The highest BCUT2D eigenvalue weighted by Gasteiger charge is 2.24. The van der Waals surface area contributed by atoms with Crippen molar-refractivity contribution >= 4 is 39.6 Å². The Morgan fingerprint density at radius 2 is 2.26 bits per heavy atom. The predicted molar refractivity (Wildman–Crippen MR) is 93.0 cm³/mol. The topological polar surface area (TPSA) is 62.3 Å². The van der Waals surface area contributed by atoms with Gasteiger partial charge in [-0.25, -0.2) is 4.98 Å². The van der Waals surface area contributed by atoms with Crippen molar-refractivity contribution in [2.45, 2.75) is 33.2 Å². The Hall–Kier alpha value is -1.73. The third-order valence-corrected chi connectivity index (χ3v) is 5.35. The Morgan fingerprint density at radius 1 is 1.43 bits per heavy atom. The Balaban J connectivity index is 1.67. The molecule has 3 rings (SSSR count).